The fraction of sp³-hybridized carbons (Fsp3) is 0.167. The van der Waals surface area contributed by atoms with Crippen LogP contribution in [0.3, 0.4) is 0 Å². The van der Waals surface area contributed by atoms with Crippen LogP contribution in [0.5, 0.6) is 0 Å². The van der Waals surface area contributed by atoms with E-state index in [1.54, 1.807) is 0 Å². The van der Waals surface area contributed by atoms with Gasteiger partial charge in [0.25, 0.3) is 0 Å². The highest BCUT2D eigenvalue weighted by Gasteiger charge is 2.11. The molecule has 0 aliphatic heterocycles. The SMILES string of the molecule is BrCC[n+]1ccccc1-c1ccccn1.[Br-]. The standard InChI is InChI=1S/C12H12BrN2.BrH/c13-7-10-15-9-4-2-6-12(15)11-5-1-3-8-14-11;/h1-6,8-9H,7,10H2;1H/q+1;/p-1. The predicted octanol–water partition coefficient (Wildman–Crippen LogP) is -0.565. The van der Waals surface area contributed by atoms with Crippen LogP contribution in [0, 0.1) is 0 Å². The molecule has 0 saturated carbocycles. The lowest BCUT2D eigenvalue weighted by molar-refractivity contribution is -0.681. The van der Waals surface area contributed by atoms with Crippen LogP contribution in [0.4, 0.5) is 0 Å². The second kappa shape index (κ2) is 6.76. The predicted molar refractivity (Wildman–Crippen MR) is 63.7 cm³/mol. The van der Waals surface area contributed by atoms with Gasteiger partial charge >= 0.3 is 0 Å². The van der Waals surface area contributed by atoms with Gasteiger partial charge in [0.2, 0.25) is 5.69 Å². The van der Waals surface area contributed by atoms with Crippen molar-refractivity contribution in [3.63, 3.8) is 0 Å². The van der Waals surface area contributed by atoms with Crippen LogP contribution in [0.25, 0.3) is 11.4 Å². The fourth-order valence-corrected chi connectivity index (χ4v) is 1.89. The Morgan fingerprint density at radius 2 is 1.94 bits per heavy atom. The van der Waals surface area contributed by atoms with Crippen molar-refractivity contribution in [1.29, 1.82) is 0 Å². The highest BCUT2D eigenvalue weighted by atomic mass is 79.9. The van der Waals surface area contributed by atoms with Gasteiger partial charge in [-0.2, -0.15) is 4.57 Å². The Bertz CT molecular complexity index is 432. The molecule has 0 amide bonds. The Kier molecular flexibility index (Phi) is 5.63. The number of aromatic nitrogens is 2. The minimum atomic E-state index is 0. The van der Waals surface area contributed by atoms with E-state index in [-0.39, 0.29) is 17.0 Å². The first kappa shape index (κ1) is 13.3. The van der Waals surface area contributed by atoms with Crippen molar-refractivity contribution >= 4 is 15.9 Å². The van der Waals surface area contributed by atoms with Crippen LogP contribution in [0.1, 0.15) is 0 Å². The molecule has 0 aliphatic carbocycles. The van der Waals surface area contributed by atoms with Crippen LogP contribution < -0.4 is 21.5 Å². The van der Waals surface area contributed by atoms with Crippen molar-refractivity contribution < 1.29 is 21.5 Å². The average Bonchev–Trinajstić information content (AvgIpc) is 2.31. The number of halogens is 2. The average molecular weight is 344 g/mol. The van der Waals surface area contributed by atoms with E-state index in [1.807, 2.05) is 36.5 Å². The van der Waals surface area contributed by atoms with Gasteiger partial charge in [-0.3, -0.25) is 0 Å². The molecule has 2 nitrogen and oxygen atoms in total. The fourth-order valence-electron chi connectivity index (χ4n) is 1.51. The minimum Gasteiger partial charge on any atom is -1.00 e. The summed E-state index contributed by atoms with van der Waals surface area (Å²) in [4.78, 5) is 4.36. The van der Waals surface area contributed by atoms with Crippen molar-refractivity contribution in [2.45, 2.75) is 6.54 Å². The van der Waals surface area contributed by atoms with Crippen molar-refractivity contribution in [2.75, 3.05) is 5.33 Å². The van der Waals surface area contributed by atoms with E-state index in [0.29, 0.717) is 0 Å². The molecule has 0 radical (unpaired) electrons. The van der Waals surface area contributed by atoms with Crippen LogP contribution in [-0.2, 0) is 6.54 Å². The van der Waals surface area contributed by atoms with E-state index < -0.39 is 0 Å². The summed E-state index contributed by atoms with van der Waals surface area (Å²) < 4.78 is 2.19. The minimum absolute atomic E-state index is 0. The third-order valence-electron chi connectivity index (χ3n) is 2.19. The summed E-state index contributed by atoms with van der Waals surface area (Å²) in [6.07, 6.45) is 3.89. The number of hydrogen-bond acceptors (Lipinski definition) is 1. The lowest BCUT2D eigenvalue weighted by Gasteiger charge is -2.00. The van der Waals surface area contributed by atoms with Gasteiger partial charge in [-0.05, 0) is 18.2 Å². The summed E-state index contributed by atoms with van der Waals surface area (Å²) in [5.74, 6) is 0. The van der Waals surface area contributed by atoms with Gasteiger partial charge < -0.3 is 17.0 Å². The Balaban J connectivity index is 0.00000128. The second-order valence-electron chi connectivity index (χ2n) is 3.18. The molecule has 0 aliphatic rings. The third kappa shape index (κ3) is 3.12. The number of pyridine rings is 2. The maximum Gasteiger partial charge on any atom is 0.231 e. The first-order chi connectivity index (χ1) is 7.42. The van der Waals surface area contributed by atoms with Gasteiger partial charge in [-0.25, -0.2) is 4.98 Å². The molecule has 16 heavy (non-hydrogen) atoms. The number of nitrogens with zero attached hydrogens (tertiary/aromatic N) is 2. The first-order valence-corrected chi connectivity index (χ1v) is 6.00. The molecule has 2 aromatic heterocycles. The number of rotatable bonds is 3. The normalized spacial score (nSPS) is 9.56. The summed E-state index contributed by atoms with van der Waals surface area (Å²) in [5, 5.41) is 0.946. The molecule has 0 fully saturated rings. The maximum absolute atomic E-state index is 4.36. The molecule has 0 aromatic carbocycles. The lowest BCUT2D eigenvalue weighted by Crippen LogP contribution is -3.00. The molecule has 0 unspecified atom stereocenters. The molecular weight excluding hydrogens is 332 g/mol. The van der Waals surface area contributed by atoms with E-state index in [1.165, 1.54) is 0 Å². The maximum atomic E-state index is 4.36. The topological polar surface area (TPSA) is 16.8 Å². The molecule has 0 saturated heterocycles. The molecule has 2 heterocycles. The van der Waals surface area contributed by atoms with Gasteiger partial charge in [0.15, 0.2) is 12.7 Å². The summed E-state index contributed by atoms with van der Waals surface area (Å²) in [6, 6.07) is 12.1. The first-order valence-electron chi connectivity index (χ1n) is 4.87. The summed E-state index contributed by atoms with van der Waals surface area (Å²) in [5.41, 5.74) is 2.16. The summed E-state index contributed by atoms with van der Waals surface area (Å²) in [7, 11) is 0. The molecule has 0 atom stereocenters. The second-order valence-corrected chi connectivity index (χ2v) is 3.98. The zero-order chi connectivity index (χ0) is 10.5. The summed E-state index contributed by atoms with van der Waals surface area (Å²) in [6.45, 7) is 0.951. The van der Waals surface area contributed by atoms with Crippen LogP contribution in [0.2, 0.25) is 0 Å². The van der Waals surface area contributed by atoms with Gasteiger partial charge in [-0.15, -0.1) is 0 Å². The van der Waals surface area contributed by atoms with Crippen molar-refractivity contribution in [2.24, 2.45) is 0 Å². The molecule has 84 valence electrons. The van der Waals surface area contributed by atoms with E-state index in [4.69, 9.17) is 0 Å². The number of alkyl halides is 1. The molecule has 0 spiro atoms. The van der Waals surface area contributed by atoms with E-state index in [0.717, 1.165) is 23.3 Å². The van der Waals surface area contributed by atoms with Crippen LogP contribution in [-0.4, -0.2) is 10.3 Å². The number of hydrogen-bond donors (Lipinski definition) is 0. The molecule has 2 rings (SSSR count). The van der Waals surface area contributed by atoms with Gasteiger partial charge in [0, 0.05) is 18.3 Å². The smallest absolute Gasteiger partial charge is 0.231 e. The quantitative estimate of drug-likeness (QED) is 0.539. The summed E-state index contributed by atoms with van der Waals surface area (Å²) >= 11 is 3.45. The Hall–Kier alpha value is -0.740. The third-order valence-corrected chi connectivity index (χ3v) is 2.55. The van der Waals surface area contributed by atoms with Crippen molar-refractivity contribution in [3.05, 3.63) is 48.8 Å². The van der Waals surface area contributed by atoms with Crippen LogP contribution in [0.15, 0.2) is 48.8 Å². The zero-order valence-electron chi connectivity index (χ0n) is 8.68. The van der Waals surface area contributed by atoms with E-state index >= 15 is 0 Å². The zero-order valence-corrected chi connectivity index (χ0v) is 11.9. The number of aryl methyl sites for hydroxylation is 1. The molecule has 2 aromatic rings. The molecule has 0 bridgehead atoms. The van der Waals surface area contributed by atoms with Crippen molar-refractivity contribution in [1.82, 2.24) is 4.98 Å². The monoisotopic (exact) mass is 342 g/mol. The Morgan fingerprint density at radius 1 is 1.12 bits per heavy atom. The highest BCUT2D eigenvalue weighted by Crippen LogP contribution is 2.10. The van der Waals surface area contributed by atoms with Gasteiger partial charge in [0.1, 0.15) is 5.69 Å². The lowest BCUT2D eigenvalue weighted by atomic mass is 10.2. The van der Waals surface area contributed by atoms with E-state index in [2.05, 4.69) is 37.7 Å². The molecule has 0 N–H and O–H groups in total. The van der Waals surface area contributed by atoms with Gasteiger partial charge in [0.05, 0.1) is 5.33 Å². The van der Waals surface area contributed by atoms with Gasteiger partial charge in [-0.1, -0.05) is 22.0 Å². The Morgan fingerprint density at radius 3 is 2.62 bits per heavy atom. The largest absolute Gasteiger partial charge is 1.00 e. The Labute approximate surface area is 114 Å². The molecular formula is C12H12Br2N2. The van der Waals surface area contributed by atoms with E-state index in [9.17, 15) is 0 Å². The van der Waals surface area contributed by atoms with Crippen molar-refractivity contribution in [3.8, 4) is 11.4 Å². The molecule has 4 heteroatoms. The van der Waals surface area contributed by atoms with Crippen LogP contribution >= 0.6 is 15.9 Å². The highest BCUT2D eigenvalue weighted by molar-refractivity contribution is 9.09.